The van der Waals surface area contributed by atoms with E-state index in [0.29, 0.717) is 11.3 Å². The molecule has 0 saturated heterocycles. The molecule has 13 heavy (non-hydrogen) atoms. The number of hydrogen-bond acceptors (Lipinski definition) is 2. The maximum Gasteiger partial charge on any atom is 0.251 e. The molecule has 0 heterocycles. The van der Waals surface area contributed by atoms with Crippen LogP contribution in [0.4, 0.5) is 5.69 Å². The number of hydrogen-bond donors (Lipinski definition) is 2. The van der Waals surface area contributed by atoms with Gasteiger partial charge in [-0.3, -0.25) is 4.79 Å². The SMILES string of the molecule is CNC(=O)c1ccc(N)c(C)c1.Cl. The van der Waals surface area contributed by atoms with Crippen LogP contribution in [0.5, 0.6) is 0 Å². The van der Waals surface area contributed by atoms with Crippen LogP contribution in [-0.4, -0.2) is 13.0 Å². The molecular weight excluding hydrogens is 188 g/mol. The average Bonchev–Trinajstić information content (AvgIpc) is 2.08. The van der Waals surface area contributed by atoms with Crippen LogP contribution < -0.4 is 11.1 Å². The summed E-state index contributed by atoms with van der Waals surface area (Å²) in [4.78, 5) is 11.1. The number of carbonyl (C=O) groups excluding carboxylic acids is 1. The molecule has 0 atom stereocenters. The Labute approximate surface area is 83.7 Å². The standard InChI is InChI=1S/C9H12N2O.ClH/c1-6-5-7(9(12)11-2)3-4-8(6)10;/h3-5H,10H2,1-2H3,(H,11,12);1H. The molecule has 0 aromatic heterocycles. The van der Waals surface area contributed by atoms with Gasteiger partial charge in [0.2, 0.25) is 0 Å². The van der Waals surface area contributed by atoms with Gasteiger partial charge in [-0.2, -0.15) is 0 Å². The van der Waals surface area contributed by atoms with Crippen molar-refractivity contribution in [2.75, 3.05) is 12.8 Å². The van der Waals surface area contributed by atoms with Crippen LogP contribution in [0.1, 0.15) is 15.9 Å². The molecule has 0 aliphatic rings. The summed E-state index contributed by atoms with van der Waals surface area (Å²) in [6.45, 7) is 1.88. The third kappa shape index (κ3) is 2.63. The largest absolute Gasteiger partial charge is 0.399 e. The molecule has 0 saturated carbocycles. The van der Waals surface area contributed by atoms with Crippen molar-refractivity contribution in [3.8, 4) is 0 Å². The molecule has 4 heteroatoms. The summed E-state index contributed by atoms with van der Waals surface area (Å²) in [6.07, 6.45) is 0. The molecule has 3 nitrogen and oxygen atoms in total. The van der Waals surface area contributed by atoms with Crippen molar-refractivity contribution in [2.24, 2.45) is 0 Å². The minimum atomic E-state index is -0.0851. The van der Waals surface area contributed by atoms with Crippen LogP contribution in [0.15, 0.2) is 18.2 Å². The highest BCUT2D eigenvalue weighted by atomic mass is 35.5. The molecular formula is C9H13ClN2O. The highest BCUT2D eigenvalue weighted by Crippen LogP contribution is 2.12. The van der Waals surface area contributed by atoms with Crippen LogP contribution in [0, 0.1) is 6.92 Å². The normalized spacial score (nSPS) is 8.77. The third-order valence-electron chi connectivity index (χ3n) is 1.76. The summed E-state index contributed by atoms with van der Waals surface area (Å²) in [5.41, 5.74) is 7.88. The predicted octanol–water partition coefficient (Wildman–Crippen LogP) is 1.36. The molecule has 72 valence electrons. The van der Waals surface area contributed by atoms with Crippen molar-refractivity contribution in [3.05, 3.63) is 29.3 Å². The van der Waals surface area contributed by atoms with E-state index in [-0.39, 0.29) is 18.3 Å². The van der Waals surface area contributed by atoms with E-state index in [2.05, 4.69) is 5.32 Å². The number of carbonyl (C=O) groups is 1. The van der Waals surface area contributed by atoms with Gasteiger partial charge in [0.1, 0.15) is 0 Å². The first kappa shape index (κ1) is 11.8. The van der Waals surface area contributed by atoms with E-state index in [1.165, 1.54) is 0 Å². The zero-order valence-corrected chi connectivity index (χ0v) is 8.44. The number of amides is 1. The van der Waals surface area contributed by atoms with Gasteiger partial charge in [0.05, 0.1) is 0 Å². The lowest BCUT2D eigenvalue weighted by Crippen LogP contribution is -2.17. The number of aryl methyl sites for hydroxylation is 1. The summed E-state index contributed by atoms with van der Waals surface area (Å²) in [6, 6.07) is 5.22. The lowest BCUT2D eigenvalue weighted by molar-refractivity contribution is 0.0963. The highest BCUT2D eigenvalue weighted by Gasteiger charge is 2.03. The van der Waals surface area contributed by atoms with Gasteiger partial charge in [-0.05, 0) is 30.7 Å². The second-order valence-electron chi connectivity index (χ2n) is 2.65. The number of nitrogen functional groups attached to an aromatic ring is 1. The van der Waals surface area contributed by atoms with Crippen molar-refractivity contribution in [3.63, 3.8) is 0 Å². The Bertz CT molecular complexity index is 312. The number of halogens is 1. The molecule has 0 unspecified atom stereocenters. The quantitative estimate of drug-likeness (QED) is 0.673. The van der Waals surface area contributed by atoms with E-state index in [1.54, 1.807) is 25.2 Å². The van der Waals surface area contributed by atoms with Gasteiger partial charge in [-0.1, -0.05) is 0 Å². The number of nitrogens with two attached hydrogens (primary N) is 1. The number of anilines is 1. The van der Waals surface area contributed by atoms with Crippen LogP contribution in [0.25, 0.3) is 0 Å². The fourth-order valence-corrected chi connectivity index (χ4v) is 0.961. The summed E-state index contributed by atoms with van der Waals surface area (Å²) in [5, 5.41) is 2.55. The topological polar surface area (TPSA) is 55.1 Å². The fraction of sp³-hybridized carbons (Fsp3) is 0.222. The Morgan fingerprint density at radius 1 is 1.46 bits per heavy atom. The van der Waals surface area contributed by atoms with E-state index < -0.39 is 0 Å². The first-order valence-corrected chi connectivity index (χ1v) is 3.73. The van der Waals surface area contributed by atoms with Gasteiger partial charge in [-0.25, -0.2) is 0 Å². The predicted molar refractivity (Wildman–Crippen MR) is 56.2 cm³/mol. The van der Waals surface area contributed by atoms with Crippen molar-refractivity contribution in [1.82, 2.24) is 5.32 Å². The lowest BCUT2D eigenvalue weighted by Gasteiger charge is -2.02. The molecule has 3 N–H and O–H groups in total. The zero-order valence-electron chi connectivity index (χ0n) is 7.63. The van der Waals surface area contributed by atoms with Crippen molar-refractivity contribution in [2.45, 2.75) is 6.92 Å². The summed E-state index contributed by atoms with van der Waals surface area (Å²) >= 11 is 0. The lowest BCUT2D eigenvalue weighted by atomic mass is 10.1. The van der Waals surface area contributed by atoms with Gasteiger partial charge in [0.25, 0.3) is 5.91 Å². The zero-order chi connectivity index (χ0) is 9.14. The fourth-order valence-electron chi connectivity index (χ4n) is 0.961. The minimum absolute atomic E-state index is 0. The molecule has 0 spiro atoms. The Kier molecular flexibility index (Phi) is 4.28. The maximum absolute atomic E-state index is 11.1. The number of benzene rings is 1. The van der Waals surface area contributed by atoms with Gasteiger partial charge in [0.15, 0.2) is 0 Å². The number of rotatable bonds is 1. The highest BCUT2D eigenvalue weighted by molar-refractivity contribution is 5.94. The molecule has 1 aromatic rings. The third-order valence-corrected chi connectivity index (χ3v) is 1.76. The molecule has 1 rings (SSSR count). The van der Waals surface area contributed by atoms with Gasteiger partial charge in [-0.15, -0.1) is 12.4 Å². The van der Waals surface area contributed by atoms with Crippen LogP contribution in [-0.2, 0) is 0 Å². The molecule has 1 aromatic carbocycles. The summed E-state index contributed by atoms with van der Waals surface area (Å²) in [7, 11) is 1.61. The van der Waals surface area contributed by atoms with E-state index in [9.17, 15) is 4.79 Å². The Hall–Kier alpha value is -1.22. The average molecular weight is 201 g/mol. The Morgan fingerprint density at radius 2 is 2.08 bits per heavy atom. The van der Waals surface area contributed by atoms with E-state index >= 15 is 0 Å². The maximum atomic E-state index is 11.1. The van der Waals surface area contributed by atoms with Crippen molar-refractivity contribution in [1.29, 1.82) is 0 Å². The molecule has 0 radical (unpaired) electrons. The first-order valence-electron chi connectivity index (χ1n) is 3.73. The summed E-state index contributed by atoms with van der Waals surface area (Å²) < 4.78 is 0. The first-order chi connectivity index (χ1) is 5.65. The monoisotopic (exact) mass is 200 g/mol. The second-order valence-corrected chi connectivity index (χ2v) is 2.65. The van der Waals surface area contributed by atoms with Crippen molar-refractivity contribution < 1.29 is 4.79 Å². The van der Waals surface area contributed by atoms with E-state index in [0.717, 1.165) is 5.56 Å². The van der Waals surface area contributed by atoms with E-state index in [1.807, 2.05) is 6.92 Å². The minimum Gasteiger partial charge on any atom is -0.399 e. The number of nitrogens with one attached hydrogen (secondary N) is 1. The summed E-state index contributed by atoms with van der Waals surface area (Å²) in [5.74, 6) is -0.0851. The Balaban J connectivity index is 0.00000144. The molecule has 0 aliphatic carbocycles. The van der Waals surface area contributed by atoms with Gasteiger partial charge < -0.3 is 11.1 Å². The van der Waals surface area contributed by atoms with Crippen LogP contribution in [0.3, 0.4) is 0 Å². The molecule has 0 fully saturated rings. The second kappa shape index (κ2) is 4.72. The van der Waals surface area contributed by atoms with Gasteiger partial charge >= 0.3 is 0 Å². The van der Waals surface area contributed by atoms with Crippen LogP contribution in [0.2, 0.25) is 0 Å². The van der Waals surface area contributed by atoms with Crippen LogP contribution >= 0.6 is 12.4 Å². The van der Waals surface area contributed by atoms with Gasteiger partial charge in [0, 0.05) is 18.3 Å². The molecule has 1 amide bonds. The van der Waals surface area contributed by atoms with Crippen molar-refractivity contribution >= 4 is 24.0 Å². The van der Waals surface area contributed by atoms with E-state index in [4.69, 9.17) is 5.73 Å². The molecule has 0 bridgehead atoms. The molecule has 0 aliphatic heterocycles. The smallest absolute Gasteiger partial charge is 0.251 e. The Morgan fingerprint density at radius 3 is 2.54 bits per heavy atom.